The Hall–Kier alpha value is -1.55. The van der Waals surface area contributed by atoms with E-state index in [1.165, 1.54) is 5.69 Å². The quantitative estimate of drug-likeness (QED) is 0.867. The lowest BCUT2D eigenvalue weighted by Gasteiger charge is -2.29. The molecule has 0 spiro atoms. The first-order valence-electron chi connectivity index (χ1n) is 7.51. The number of rotatable bonds is 5. The van der Waals surface area contributed by atoms with Crippen molar-refractivity contribution in [3.63, 3.8) is 0 Å². The third kappa shape index (κ3) is 4.53. The first kappa shape index (κ1) is 14.9. The summed E-state index contributed by atoms with van der Waals surface area (Å²) in [6.45, 7) is 8.42. The predicted octanol–water partition coefficient (Wildman–Crippen LogP) is 2.47. The molecule has 1 amide bonds. The number of carbonyl (C=O) groups is 1. The highest BCUT2D eigenvalue weighted by Crippen LogP contribution is 2.18. The Balaban J connectivity index is 1.86. The van der Waals surface area contributed by atoms with Gasteiger partial charge in [0.25, 0.3) is 0 Å². The standard InChI is InChI=1S/C16H25N3O/c1-13(2)3-8-16(20)18-14-4-6-15(7-5-14)19-11-9-17-10-12-19/h4-7,13,17H,3,8-12H2,1-2H3,(H,18,20). The van der Waals surface area contributed by atoms with Gasteiger partial charge in [-0.2, -0.15) is 0 Å². The number of carbonyl (C=O) groups excluding carboxylic acids is 1. The molecule has 110 valence electrons. The zero-order valence-corrected chi connectivity index (χ0v) is 12.5. The molecular formula is C16H25N3O. The normalized spacial score (nSPS) is 15.4. The number of nitrogens with one attached hydrogen (secondary N) is 2. The van der Waals surface area contributed by atoms with Crippen molar-refractivity contribution in [2.24, 2.45) is 5.92 Å². The van der Waals surface area contributed by atoms with E-state index in [4.69, 9.17) is 0 Å². The van der Waals surface area contributed by atoms with Gasteiger partial charge in [0, 0.05) is 44.0 Å². The van der Waals surface area contributed by atoms with Crippen LogP contribution in [0.5, 0.6) is 0 Å². The number of hydrogen-bond donors (Lipinski definition) is 2. The minimum atomic E-state index is 0.105. The van der Waals surface area contributed by atoms with Crippen LogP contribution in [-0.4, -0.2) is 32.1 Å². The molecule has 20 heavy (non-hydrogen) atoms. The van der Waals surface area contributed by atoms with Crippen LogP contribution in [0.15, 0.2) is 24.3 Å². The summed E-state index contributed by atoms with van der Waals surface area (Å²) < 4.78 is 0. The Labute approximate surface area is 121 Å². The number of hydrogen-bond acceptors (Lipinski definition) is 3. The molecule has 1 heterocycles. The van der Waals surface area contributed by atoms with Crippen LogP contribution in [0.2, 0.25) is 0 Å². The van der Waals surface area contributed by atoms with Crippen LogP contribution in [0.3, 0.4) is 0 Å². The summed E-state index contributed by atoms with van der Waals surface area (Å²) in [7, 11) is 0. The Morgan fingerprint density at radius 2 is 1.90 bits per heavy atom. The molecule has 1 aliphatic heterocycles. The fourth-order valence-corrected chi connectivity index (χ4v) is 2.32. The van der Waals surface area contributed by atoms with Crippen LogP contribution in [0.1, 0.15) is 26.7 Å². The largest absolute Gasteiger partial charge is 0.369 e. The number of anilines is 2. The van der Waals surface area contributed by atoms with Gasteiger partial charge in [-0.15, -0.1) is 0 Å². The molecule has 1 aromatic rings. The molecule has 0 atom stereocenters. The first-order chi connectivity index (χ1) is 9.65. The van der Waals surface area contributed by atoms with Gasteiger partial charge < -0.3 is 15.5 Å². The molecule has 2 rings (SSSR count). The van der Waals surface area contributed by atoms with Gasteiger partial charge in [0.05, 0.1) is 0 Å². The molecule has 0 radical (unpaired) electrons. The summed E-state index contributed by atoms with van der Waals surface area (Å²) >= 11 is 0. The maximum atomic E-state index is 11.8. The molecular weight excluding hydrogens is 250 g/mol. The molecule has 0 bridgehead atoms. The summed E-state index contributed by atoms with van der Waals surface area (Å²) in [5.74, 6) is 0.671. The smallest absolute Gasteiger partial charge is 0.224 e. The van der Waals surface area contributed by atoms with Crippen LogP contribution in [0.4, 0.5) is 11.4 Å². The Morgan fingerprint density at radius 3 is 2.50 bits per heavy atom. The number of piperazine rings is 1. The minimum Gasteiger partial charge on any atom is -0.369 e. The van der Waals surface area contributed by atoms with Gasteiger partial charge >= 0.3 is 0 Å². The van der Waals surface area contributed by atoms with Crippen LogP contribution in [0.25, 0.3) is 0 Å². The molecule has 0 aliphatic carbocycles. The van der Waals surface area contributed by atoms with Gasteiger partial charge in [-0.25, -0.2) is 0 Å². The fraction of sp³-hybridized carbons (Fsp3) is 0.562. The maximum absolute atomic E-state index is 11.8. The minimum absolute atomic E-state index is 0.105. The van der Waals surface area contributed by atoms with Crippen molar-refractivity contribution in [1.29, 1.82) is 0 Å². The highest BCUT2D eigenvalue weighted by Gasteiger charge is 2.10. The zero-order chi connectivity index (χ0) is 14.4. The second kappa shape index (κ2) is 7.29. The number of amides is 1. The van der Waals surface area contributed by atoms with E-state index in [0.29, 0.717) is 12.3 Å². The van der Waals surface area contributed by atoms with Crippen molar-refractivity contribution in [1.82, 2.24) is 5.32 Å². The first-order valence-corrected chi connectivity index (χ1v) is 7.51. The van der Waals surface area contributed by atoms with Crippen LogP contribution in [0, 0.1) is 5.92 Å². The van der Waals surface area contributed by atoms with E-state index in [1.54, 1.807) is 0 Å². The van der Waals surface area contributed by atoms with Crippen molar-refractivity contribution >= 4 is 17.3 Å². The van der Waals surface area contributed by atoms with Gasteiger partial charge in [0.2, 0.25) is 5.91 Å². The lowest BCUT2D eigenvalue weighted by Crippen LogP contribution is -2.43. The second-order valence-electron chi connectivity index (χ2n) is 5.76. The average molecular weight is 275 g/mol. The predicted molar refractivity (Wildman–Crippen MR) is 84.2 cm³/mol. The van der Waals surface area contributed by atoms with Gasteiger partial charge in [-0.05, 0) is 36.6 Å². The van der Waals surface area contributed by atoms with Gasteiger partial charge in [-0.3, -0.25) is 4.79 Å². The van der Waals surface area contributed by atoms with Crippen molar-refractivity contribution < 1.29 is 4.79 Å². The topological polar surface area (TPSA) is 44.4 Å². The molecule has 0 aromatic heterocycles. The van der Waals surface area contributed by atoms with Crippen molar-refractivity contribution in [2.75, 3.05) is 36.4 Å². The molecule has 2 N–H and O–H groups in total. The number of benzene rings is 1. The van der Waals surface area contributed by atoms with E-state index in [0.717, 1.165) is 38.3 Å². The molecule has 1 aromatic carbocycles. The van der Waals surface area contributed by atoms with Crippen LogP contribution >= 0.6 is 0 Å². The van der Waals surface area contributed by atoms with Crippen molar-refractivity contribution in [3.8, 4) is 0 Å². The third-order valence-electron chi connectivity index (χ3n) is 3.58. The molecule has 0 unspecified atom stereocenters. The molecule has 4 nitrogen and oxygen atoms in total. The summed E-state index contributed by atoms with van der Waals surface area (Å²) in [6, 6.07) is 8.15. The highest BCUT2D eigenvalue weighted by atomic mass is 16.1. The zero-order valence-electron chi connectivity index (χ0n) is 12.5. The summed E-state index contributed by atoms with van der Waals surface area (Å²) in [5.41, 5.74) is 2.12. The van der Waals surface area contributed by atoms with E-state index in [1.807, 2.05) is 12.1 Å². The highest BCUT2D eigenvalue weighted by molar-refractivity contribution is 5.90. The van der Waals surface area contributed by atoms with Gasteiger partial charge in [0.15, 0.2) is 0 Å². The molecule has 0 saturated carbocycles. The van der Waals surface area contributed by atoms with Crippen molar-refractivity contribution in [3.05, 3.63) is 24.3 Å². The average Bonchev–Trinajstić information content (AvgIpc) is 2.47. The van der Waals surface area contributed by atoms with E-state index in [2.05, 4.69) is 41.5 Å². The Kier molecular flexibility index (Phi) is 5.41. The second-order valence-corrected chi connectivity index (χ2v) is 5.76. The SMILES string of the molecule is CC(C)CCC(=O)Nc1ccc(N2CCNCC2)cc1. The van der Waals surface area contributed by atoms with E-state index < -0.39 is 0 Å². The van der Waals surface area contributed by atoms with Gasteiger partial charge in [0.1, 0.15) is 0 Å². The monoisotopic (exact) mass is 275 g/mol. The maximum Gasteiger partial charge on any atom is 0.224 e. The molecule has 1 aliphatic rings. The summed E-state index contributed by atoms with van der Waals surface area (Å²) in [5, 5.41) is 6.30. The van der Waals surface area contributed by atoms with Crippen LogP contribution in [-0.2, 0) is 4.79 Å². The molecule has 1 saturated heterocycles. The summed E-state index contributed by atoms with van der Waals surface area (Å²) in [6.07, 6.45) is 1.53. The molecule has 4 heteroatoms. The Morgan fingerprint density at radius 1 is 1.25 bits per heavy atom. The summed E-state index contributed by atoms with van der Waals surface area (Å²) in [4.78, 5) is 14.1. The lowest BCUT2D eigenvalue weighted by atomic mass is 10.1. The third-order valence-corrected chi connectivity index (χ3v) is 3.58. The van der Waals surface area contributed by atoms with E-state index in [-0.39, 0.29) is 5.91 Å². The lowest BCUT2D eigenvalue weighted by molar-refractivity contribution is -0.116. The van der Waals surface area contributed by atoms with Crippen LogP contribution < -0.4 is 15.5 Å². The van der Waals surface area contributed by atoms with Crippen molar-refractivity contribution in [2.45, 2.75) is 26.7 Å². The van der Waals surface area contributed by atoms with Gasteiger partial charge in [-0.1, -0.05) is 13.8 Å². The number of nitrogens with zero attached hydrogens (tertiary/aromatic N) is 1. The molecule has 1 fully saturated rings. The van der Waals surface area contributed by atoms with E-state index >= 15 is 0 Å². The fourth-order valence-electron chi connectivity index (χ4n) is 2.32. The van der Waals surface area contributed by atoms with E-state index in [9.17, 15) is 4.79 Å². The Bertz CT molecular complexity index is 422.